The fourth-order valence-electron chi connectivity index (χ4n) is 3.33. The average Bonchev–Trinajstić information content (AvgIpc) is 3.17. The number of para-hydroxylation sites is 2. The van der Waals surface area contributed by atoms with Crippen LogP contribution in [0.25, 0.3) is 11.0 Å². The van der Waals surface area contributed by atoms with Crippen molar-refractivity contribution < 1.29 is 0 Å². The lowest BCUT2D eigenvalue weighted by Gasteiger charge is -2.34. The van der Waals surface area contributed by atoms with Crippen LogP contribution < -0.4 is 9.80 Å². The van der Waals surface area contributed by atoms with Crippen LogP contribution in [0.3, 0.4) is 0 Å². The number of piperazine rings is 1. The third kappa shape index (κ3) is 2.34. The summed E-state index contributed by atoms with van der Waals surface area (Å²) < 4.78 is 0. The first-order chi connectivity index (χ1) is 11.4. The highest BCUT2D eigenvalue weighted by molar-refractivity contribution is 5.77. The minimum absolute atomic E-state index is 0.730. The van der Waals surface area contributed by atoms with Gasteiger partial charge in [-0.2, -0.15) is 5.10 Å². The summed E-state index contributed by atoms with van der Waals surface area (Å²) in [6, 6.07) is 10.4. The van der Waals surface area contributed by atoms with E-state index < -0.39 is 0 Å². The smallest absolute Gasteiger partial charge is 0.203 e. The Kier molecular flexibility index (Phi) is 2.83. The van der Waals surface area contributed by atoms with Crippen molar-refractivity contribution in [3.63, 3.8) is 0 Å². The molecule has 6 nitrogen and oxygen atoms in total. The van der Waals surface area contributed by atoms with E-state index >= 15 is 0 Å². The van der Waals surface area contributed by atoms with Crippen LogP contribution in [-0.4, -0.2) is 46.3 Å². The van der Waals surface area contributed by atoms with E-state index in [1.165, 1.54) is 18.5 Å². The molecule has 118 valence electrons. The number of aromatic amines is 2. The Labute approximate surface area is 134 Å². The zero-order valence-corrected chi connectivity index (χ0v) is 13.0. The molecule has 2 fully saturated rings. The minimum atomic E-state index is 0.730. The van der Waals surface area contributed by atoms with Gasteiger partial charge in [-0.15, -0.1) is 0 Å². The van der Waals surface area contributed by atoms with Gasteiger partial charge in [-0.3, -0.25) is 5.10 Å². The number of imidazole rings is 1. The van der Waals surface area contributed by atoms with Crippen LogP contribution in [0.4, 0.5) is 11.8 Å². The van der Waals surface area contributed by atoms with E-state index in [0.717, 1.165) is 54.9 Å². The third-order valence-electron chi connectivity index (χ3n) is 4.88. The predicted molar refractivity (Wildman–Crippen MR) is 91.1 cm³/mol. The molecule has 0 bridgehead atoms. The van der Waals surface area contributed by atoms with Crippen molar-refractivity contribution in [1.82, 2.24) is 20.2 Å². The zero-order valence-electron chi connectivity index (χ0n) is 13.0. The number of aromatic nitrogens is 4. The Morgan fingerprint density at radius 3 is 2.57 bits per heavy atom. The molecule has 0 spiro atoms. The highest BCUT2D eigenvalue weighted by atomic mass is 15.4. The Balaban J connectivity index is 1.29. The molecule has 0 atom stereocenters. The lowest BCUT2D eigenvalue weighted by Crippen LogP contribution is -2.47. The highest BCUT2D eigenvalue weighted by Crippen LogP contribution is 2.39. The van der Waals surface area contributed by atoms with Crippen molar-refractivity contribution in [3.05, 3.63) is 36.0 Å². The largest absolute Gasteiger partial charge is 0.352 e. The molecule has 1 saturated carbocycles. The summed E-state index contributed by atoms with van der Waals surface area (Å²) in [5.41, 5.74) is 3.44. The van der Waals surface area contributed by atoms with Gasteiger partial charge in [0.25, 0.3) is 0 Å². The van der Waals surface area contributed by atoms with E-state index in [-0.39, 0.29) is 0 Å². The minimum Gasteiger partial charge on any atom is -0.352 e. The highest BCUT2D eigenvalue weighted by Gasteiger charge is 2.27. The molecule has 0 radical (unpaired) electrons. The van der Waals surface area contributed by atoms with Crippen molar-refractivity contribution in [2.24, 2.45) is 0 Å². The number of hydrogen-bond acceptors (Lipinski definition) is 4. The number of rotatable bonds is 3. The summed E-state index contributed by atoms with van der Waals surface area (Å²) in [5, 5.41) is 7.69. The van der Waals surface area contributed by atoms with E-state index in [0.29, 0.717) is 0 Å². The molecular weight excluding hydrogens is 288 g/mol. The quantitative estimate of drug-likeness (QED) is 0.780. The predicted octanol–water partition coefficient (Wildman–Crippen LogP) is 2.49. The monoisotopic (exact) mass is 308 g/mol. The van der Waals surface area contributed by atoms with Crippen LogP contribution in [-0.2, 0) is 0 Å². The van der Waals surface area contributed by atoms with Crippen molar-refractivity contribution in [3.8, 4) is 0 Å². The third-order valence-corrected chi connectivity index (χ3v) is 4.88. The number of nitrogens with one attached hydrogen (secondary N) is 2. The molecule has 2 N–H and O–H groups in total. The van der Waals surface area contributed by atoms with Crippen molar-refractivity contribution in [2.75, 3.05) is 36.0 Å². The van der Waals surface area contributed by atoms with Crippen molar-refractivity contribution in [2.45, 2.75) is 18.8 Å². The number of hydrogen-bond donors (Lipinski definition) is 2. The molecule has 23 heavy (non-hydrogen) atoms. The second-order valence-electron chi connectivity index (χ2n) is 6.51. The van der Waals surface area contributed by atoms with Crippen LogP contribution in [0, 0.1) is 0 Å². The van der Waals surface area contributed by atoms with Crippen molar-refractivity contribution >= 4 is 22.8 Å². The number of H-pyrrole nitrogens is 2. The first-order valence-corrected chi connectivity index (χ1v) is 8.37. The van der Waals surface area contributed by atoms with Crippen molar-refractivity contribution in [1.29, 1.82) is 0 Å². The lowest BCUT2D eigenvalue weighted by atomic mass is 10.3. The van der Waals surface area contributed by atoms with Gasteiger partial charge in [0.2, 0.25) is 5.95 Å². The molecule has 3 aromatic rings. The van der Waals surface area contributed by atoms with Crippen LogP contribution in [0.1, 0.15) is 24.5 Å². The Morgan fingerprint density at radius 1 is 1.00 bits per heavy atom. The molecule has 2 aromatic heterocycles. The van der Waals surface area contributed by atoms with E-state index in [1.54, 1.807) is 0 Å². The molecule has 1 aliphatic heterocycles. The SMILES string of the molecule is c1ccc2[nH]c(N3CCN(c4cc(C5CC5)[nH]n4)CC3)nc2c1. The van der Waals surface area contributed by atoms with Gasteiger partial charge in [0, 0.05) is 43.9 Å². The summed E-state index contributed by atoms with van der Waals surface area (Å²) in [6.07, 6.45) is 2.61. The van der Waals surface area contributed by atoms with Gasteiger partial charge in [0.05, 0.1) is 11.0 Å². The normalized spacial score (nSPS) is 18.8. The first-order valence-electron chi connectivity index (χ1n) is 8.37. The lowest BCUT2D eigenvalue weighted by molar-refractivity contribution is 0.637. The molecule has 6 heteroatoms. The molecule has 0 amide bonds. The fraction of sp³-hybridized carbons (Fsp3) is 0.412. The summed E-state index contributed by atoms with van der Waals surface area (Å²) in [6.45, 7) is 3.88. The second kappa shape index (κ2) is 5.01. The van der Waals surface area contributed by atoms with Gasteiger partial charge in [0.15, 0.2) is 5.82 Å². The van der Waals surface area contributed by atoms with E-state index in [9.17, 15) is 0 Å². The Hall–Kier alpha value is -2.50. The summed E-state index contributed by atoms with van der Waals surface area (Å²) in [5.74, 6) is 2.80. The standard InChI is InChI=1S/C17H20N6/c1-2-4-14-13(3-1)18-17(19-14)23-9-7-22(8-10-23)16-11-15(20-21-16)12-5-6-12/h1-4,11-12H,5-10H2,(H,18,19)(H,20,21). The maximum atomic E-state index is 4.70. The van der Waals surface area contributed by atoms with Gasteiger partial charge in [0.1, 0.15) is 0 Å². The zero-order chi connectivity index (χ0) is 15.2. The number of benzene rings is 1. The van der Waals surface area contributed by atoms with Crippen LogP contribution in [0.5, 0.6) is 0 Å². The number of fused-ring (bicyclic) bond motifs is 1. The summed E-state index contributed by atoms with van der Waals surface area (Å²) in [7, 11) is 0. The molecule has 2 aliphatic rings. The number of nitrogens with zero attached hydrogens (tertiary/aromatic N) is 4. The molecule has 1 saturated heterocycles. The summed E-state index contributed by atoms with van der Waals surface area (Å²) in [4.78, 5) is 12.8. The molecule has 5 rings (SSSR count). The van der Waals surface area contributed by atoms with Crippen LogP contribution in [0.15, 0.2) is 30.3 Å². The molecule has 1 aliphatic carbocycles. The topological polar surface area (TPSA) is 63.8 Å². The maximum absolute atomic E-state index is 4.70. The van der Waals surface area contributed by atoms with E-state index in [2.05, 4.69) is 43.2 Å². The Bertz CT molecular complexity index is 789. The van der Waals surface area contributed by atoms with Gasteiger partial charge in [-0.25, -0.2) is 4.98 Å². The Morgan fingerprint density at radius 2 is 1.78 bits per heavy atom. The van der Waals surface area contributed by atoms with Gasteiger partial charge < -0.3 is 14.8 Å². The number of anilines is 2. The maximum Gasteiger partial charge on any atom is 0.203 e. The van der Waals surface area contributed by atoms with Crippen LogP contribution >= 0.6 is 0 Å². The van der Waals surface area contributed by atoms with Gasteiger partial charge in [-0.1, -0.05) is 12.1 Å². The van der Waals surface area contributed by atoms with Gasteiger partial charge in [-0.05, 0) is 25.0 Å². The van der Waals surface area contributed by atoms with E-state index in [1.807, 2.05) is 12.1 Å². The summed E-state index contributed by atoms with van der Waals surface area (Å²) >= 11 is 0. The molecule has 3 heterocycles. The average molecular weight is 308 g/mol. The fourth-order valence-corrected chi connectivity index (χ4v) is 3.33. The molecule has 1 aromatic carbocycles. The van der Waals surface area contributed by atoms with E-state index in [4.69, 9.17) is 4.98 Å². The molecule has 0 unspecified atom stereocenters. The van der Waals surface area contributed by atoms with Crippen LogP contribution in [0.2, 0.25) is 0 Å². The second-order valence-corrected chi connectivity index (χ2v) is 6.51. The molecular formula is C17H20N6. The first kappa shape index (κ1) is 13.0. The van der Waals surface area contributed by atoms with Gasteiger partial charge >= 0.3 is 0 Å².